The van der Waals surface area contributed by atoms with Gasteiger partial charge in [-0.2, -0.15) is 0 Å². The zero-order valence-electron chi connectivity index (χ0n) is 6.69. The van der Waals surface area contributed by atoms with Crippen LogP contribution in [-0.4, -0.2) is 41.5 Å². The molecule has 0 aromatic rings. The first-order chi connectivity index (χ1) is 5.66. The van der Waals surface area contributed by atoms with Gasteiger partial charge in [0.15, 0.2) is 0 Å². The highest BCUT2D eigenvalue weighted by molar-refractivity contribution is 5.98. The van der Waals surface area contributed by atoms with Gasteiger partial charge in [-0.3, -0.25) is 9.59 Å². The van der Waals surface area contributed by atoms with Crippen molar-refractivity contribution in [1.29, 1.82) is 0 Å². The number of aliphatic carboxylic acids is 1. The minimum atomic E-state index is -1.03. The van der Waals surface area contributed by atoms with E-state index < -0.39 is 11.9 Å². The van der Waals surface area contributed by atoms with Crippen LogP contribution in [0.1, 0.15) is 6.42 Å². The Hall–Kier alpha value is -1.10. The van der Waals surface area contributed by atoms with Crippen molar-refractivity contribution in [3.63, 3.8) is 0 Å². The van der Waals surface area contributed by atoms with Crippen molar-refractivity contribution < 1.29 is 14.7 Å². The van der Waals surface area contributed by atoms with Gasteiger partial charge < -0.3 is 15.7 Å². The fourth-order valence-corrected chi connectivity index (χ4v) is 1.35. The minimum absolute atomic E-state index is 0.298. The SMILES string of the molecule is NCCN1CCC(C(=O)O)C1=O. The molecule has 1 saturated heterocycles. The highest BCUT2D eigenvalue weighted by atomic mass is 16.4. The molecule has 3 N–H and O–H groups in total. The number of hydrogen-bond donors (Lipinski definition) is 2. The van der Waals surface area contributed by atoms with Crippen LogP contribution < -0.4 is 5.73 Å². The number of carboxylic acids is 1. The van der Waals surface area contributed by atoms with Crippen LogP contribution in [0.3, 0.4) is 0 Å². The molecule has 0 saturated carbocycles. The molecule has 0 spiro atoms. The van der Waals surface area contributed by atoms with Crippen LogP contribution in [0.5, 0.6) is 0 Å². The number of hydrogen-bond acceptors (Lipinski definition) is 3. The van der Waals surface area contributed by atoms with Gasteiger partial charge in [0.25, 0.3) is 0 Å². The van der Waals surface area contributed by atoms with E-state index in [1.807, 2.05) is 0 Å². The quantitative estimate of drug-likeness (QED) is 0.528. The van der Waals surface area contributed by atoms with Crippen molar-refractivity contribution in [2.24, 2.45) is 11.7 Å². The maximum atomic E-state index is 11.2. The van der Waals surface area contributed by atoms with E-state index in [1.54, 1.807) is 0 Å². The summed E-state index contributed by atoms with van der Waals surface area (Å²) in [5.74, 6) is -2.16. The molecule has 1 amide bonds. The van der Waals surface area contributed by atoms with E-state index in [4.69, 9.17) is 10.8 Å². The Morgan fingerprint density at radius 2 is 2.42 bits per heavy atom. The van der Waals surface area contributed by atoms with Crippen LogP contribution in [0, 0.1) is 5.92 Å². The molecular formula is C7H12N2O3. The number of likely N-dealkylation sites (tertiary alicyclic amines) is 1. The maximum absolute atomic E-state index is 11.2. The topological polar surface area (TPSA) is 83.6 Å². The molecule has 0 aromatic heterocycles. The van der Waals surface area contributed by atoms with E-state index in [0.717, 1.165) is 0 Å². The molecule has 12 heavy (non-hydrogen) atoms. The van der Waals surface area contributed by atoms with Crippen LogP contribution in [0.25, 0.3) is 0 Å². The van der Waals surface area contributed by atoms with Gasteiger partial charge in [0.05, 0.1) is 0 Å². The second-order valence-corrected chi connectivity index (χ2v) is 2.79. The minimum Gasteiger partial charge on any atom is -0.481 e. The molecule has 1 unspecified atom stereocenters. The summed E-state index contributed by atoms with van der Waals surface area (Å²) >= 11 is 0. The monoisotopic (exact) mass is 172 g/mol. The number of carbonyl (C=O) groups is 2. The number of carbonyl (C=O) groups excluding carboxylic acids is 1. The molecule has 1 rings (SSSR count). The molecule has 68 valence electrons. The van der Waals surface area contributed by atoms with Gasteiger partial charge in [0, 0.05) is 19.6 Å². The normalized spacial score (nSPS) is 23.2. The van der Waals surface area contributed by atoms with Gasteiger partial charge >= 0.3 is 5.97 Å². The first-order valence-corrected chi connectivity index (χ1v) is 3.88. The lowest BCUT2D eigenvalue weighted by atomic mass is 10.1. The van der Waals surface area contributed by atoms with Gasteiger partial charge in [-0.1, -0.05) is 0 Å². The van der Waals surface area contributed by atoms with E-state index in [1.165, 1.54) is 4.90 Å². The molecule has 1 aliphatic heterocycles. The van der Waals surface area contributed by atoms with E-state index in [9.17, 15) is 9.59 Å². The number of rotatable bonds is 3. The first-order valence-electron chi connectivity index (χ1n) is 3.88. The lowest BCUT2D eigenvalue weighted by Crippen LogP contribution is -2.33. The third kappa shape index (κ3) is 1.55. The molecule has 0 radical (unpaired) electrons. The van der Waals surface area contributed by atoms with Crippen LogP contribution in [-0.2, 0) is 9.59 Å². The standard InChI is InChI=1S/C7H12N2O3/c8-2-4-9-3-1-5(6(9)10)7(11)12/h5H,1-4,8H2,(H,11,12). The number of nitrogens with zero attached hydrogens (tertiary/aromatic N) is 1. The number of amides is 1. The van der Waals surface area contributed by atoms with Crippen molar-refractivity contribution >= 4 is 11.9 Å². The van der Waals surface area contributed by atoms with Gasteiger partial charge in [-0.05, 0) is 6.42 Å². The summed E-state index contributed by atoms with van der Waals surface area (Å²) in [6.45, 7) is 1.37. The molecule has 5 heteroatoms. The highest BCUT2D eigenvalue weighted by Gasteiger charge is 2.36. The van der Waals surface area contributed by atoms with Gasteiger partial charge in [-0.25, -0.2) is 0 Å². The summed E-state index contributed by atoms with van der Waals surface area (Å²) in [4.78, 5) is 23.2. The summed E-state index contributed by atoms with van der Waals surface area (Å²) in [6.07, 6.45) is 0.411. The third-order valence-electron chi connectivity index (χ3n) is 1.99. The van der Waals surface area contributed by atoms with Crippen LogP contribution in [0.2, 0.25) is 0 Å². The van der Waals surface area contributed by atoms with E-state index in [-0.39, 0.29) is 5.91 Å². The Balaban J connectivity index is 2.55. The van der Waals surface area contributed by atoms with Crippen LogP contribution in [0.4, 0.5) is 0 Å². The fraction of sp³-hybridized carbons (Fsp3) is 0.714. The molecular weight excluding hydrogens is 160 g/mol. The second kappa shape index (κ2) is 3.53. The maximum Gasteiger partial charge on any atom is 0.316 e. The Morgan fingerprint density at radius 1 is 1.75 bits per heavy atom. The van der Waals surface area contributed by atoms with Gasteiger partial charge in [0.2, 0.25) is 5.91 Å². The number of nitrogens with two attached hydrogens (primary N) is 1. The average molecular weight is 172 g/mol. The zero-order valence-corrected chi connectivity index (χ0v) is 6.69. The Morgan fingerprint density at radius 3 is 2.83 bits per heavy atom. The molecule has 0 bridgehead atoms. The molecule has 0 aromatic carbocycles. The second-order valence-electron chi connectivity index (χ2n) is 2.79. The summed E-state index contributed by atoms with van der Waals surface area (Å²) in [5.41, 5.74) is 5.25. The number of carboxylic acid groups (broad SMARTS) is 1. The van der Waals surface area contributed by atoms with Crippen LogP contribution in [0.15, 0.2) is 0 Å². The highest BCUT2D eigenvalue weighted by Crippen LogP contribution is 2.17. The molecule has 0 aliphatic carbocycles. The van der Waals surface area contributed by atoms with E-state index in [2.05, 4.69) is 0 Å². The van der Waals surface area contributed by atoms with Crippen LogP contribution >= 0.6 is 0 Å². The summed E-state index contributed by atoms with van der Waals surface area (Å²) in [5, 5.41) is 8.59. The summed E-state index contributed by atoms with van der Waals surface area (Å²) in [7, 11) is 0. The zero-order chi connectivity index (χ0) is 9.14. The average Bonchev–Trinajstić information content (AvgIpc) is 2.34. The van der Waals surface area contributed by atoms with Crippen molar-refractivity contribution in [3.05, 3.63) is 0 Å². The van der Waals surface area contributed by atoms with Crippen molar-refractivity contribution in [2.45, 2.75) is 6.42 Å². The Bertz CT molecular complexity index is 205. The Kier molecular flexibility index (Phi) is 2.65. The predicted octanol–water partition coefficient (Wildman–Crippen LogP) is -1.12. The lowest BCUT2D eigenvalue weighted by molar-refractivity contribution is -0.147. The van der Waals surface area contributed by atoms with Crippen molar-refractivity contribution in [2.75, 3.05) is 19.6 Å². The van der Waals surface area contributed by atoms with E-state index >= 15 is 0 Å². The first kappa shape index (κ1) is 8.99. The summed E-state index contributed by atoms with van der Waals surface area (Å²) < 4.78 is 0. The van der Waals surface area contributed by atoms with Crippen molar-refractivity contribution in [1.82, 2.24) is 4.90 Å². The lowest BCUT2D eigenvalue weighted by Gasteiger charge is -2.13. The smallest absolute Gasteiger partial charge is 0.316 e. The molecule has 5 nitrogen and oxygen atoms in total. The fourth-order valence-electron chi connectivity index (χ4n) is 1.35. The largest absolute Gasteiger partial charge is 0.481 e. The third-order valence-corrected chi connectivity index (χ3v) is 1.99. The molecule has 1 fully saturated rings. The van der Waals surface area contributed by atoms with Gasteiger partial charge in [-0.15, -0.1) is 0 Å². The Labute approximate surface area is 70.1 Å². The molecule has 1 atom stereocenters. The molecule has 1 heterocycles. The predicted molar refractivity (Wildman–Crippen MR) is 41.4 cm³/mol. The molecule has 1 aliphatic rings. The summed E-state index contributed by atoms with van der Waals surface area (Å²) in [6, 6.07) is 0. The van der Waals surface area contributed by atoms with E-state index in [0.29, 0.717) is 26.1 Å². The van der Waals surface area contributed by atoms with Gasteiger partial charge in [0.1, 0.15) is 5.92 Å². The van der Waals surface area contributed by atoms with Crippen molar-refractivity contribution in [3.8, 4) is 0 Å².